The van der Waals surface area contributed by atoms with Crippen LogP contribution in [0.3, 0.4) is 0 Å². The van der Waals surface area contributed by atoms with Crippen molar-refractivity contribution in [2.24, 2.45) is 0 Å². The first-order valence-corrected chi connectivity index (χ1v) is 10.8. The third-order valence-electron chi connectivity index (χ3n) is 5.76. The van der Waals surface area contributed by atoms with E-state index >= 15 is 0 Å². The van der Waals surface area contributed by atoms with Crippen molar-refractivity contribution in [1.82, 2.24) is 4.90 Å². The van der Waals surface area contributed by atoms with Gasteiger partial charge in [-0.1, -0.05) is 36.4 Å². The molecular formula is C26H25FN2O5. The summed E-state index contributed by atoms with van der Waals surface area (Å²) in [6.07, 6.45) is -0.554. The van der Waals surface area contributed by atoms with Gasteiger partial charge in [-0.05, 0) is 47.5 Å². The van der Waals surface area contributed by atoms with Gasteiger partial charge >= 0.3 is 0 Å². The van der Waals surface area contributed by atoms with Gasteiger partial charge in [-0.2, -0.15) is 0 Å². The minimum atomic E-state index is -0.611. The molecule has 1 saturated heterocycles. The first-order chi connectivity index (χ1) is 16.5. The van der Waals surface area contributed by atoms with E-state index in [2.05, 4.69) is 5.32 Å². The highest BCUT2D eigenvalue weighted by Gasteiger charge is 2.37. The van der Waals surface area contributed by atoms with Gasteiger partial charge in [-0.3, -0.25) is 9.59 Å². The molecule has 1 aliphatic heterocycles. The van der Waals surface area contributed by atoms with Crippen molar-refractivity contribution in [3.8, 4) is 5.75 Å². The van der Waals surface area contributed by atoms with E-state index in [0.717, 1.165) is 11.1 Å². The number of methoxy groups -OCH3 is 1. The third kappa shape index (κ3) is 5.08. The summed E-state index contributed by atoms with van der Waals surface area (Å²) in [6.45, 7) is -0.199. The molecule has 8 heteroatoms. The Morgan fingerprint density at radius 3 is 2.50 bits per heavy atom. The molecule has 1 fully saturated rings. The number of benzene rings is 3. The number of morpholine rings is 1. The number of nitrogens with one attached hydrogen (secondary N) is 1. The molecule has 34 heavy (non-hydrogen) atoms. The number of halogens is 1. The van der Waals surface area contributed by atoms with Gasteiger partial charge in [0.15, 0.2) is 0 Å². The van der Waals surface area contributed by atoms with Gasteiger partial charge in [0, 0.05) is 12.2 Å². The zero-order chi connectivity index (χ0) is 24.1. The number of ether oxygens (including phenoxy) is 2. The molecule has 176 valence electrons. The van der Waals surface area contributed by atoms with Gasteiger partial charge in [0.05, 0.1) is 25.3 Å². The third-order valence-corrected chi connectivity index (χ3v) is 5.76. The molecule has 0 aliphatic carbocycles. The highest BCUT2D eigenvalue weighted by Crippen LogP contribution is 2.31. The van der Waals surface area contributed by atoms with E-state index in [0.29, 0.717) is 17.0 Å². The zero-order valence-corrected chi connectivity index (χ0v) is 18.6. The Morgan fingerprint density at radius 2 is 1.82 bits per heavy atom. The van der Waals surface area contributed by atoms with Gasteiger partial charge in [-0.15, -0.1) is 0 Å². The lowest BCUT2D eigenvalue weighted by Gasteiger charge is -2.40. The second-order valence-corrected chi connectivity index (χ2v) is 7.91. The van der Waals surface area contributed by atoms with Crippen molar-refractivity contribution < 1.29 is 28.6 Å². The zero-order valence-electron chi connectivity index (χ0n) is 18.6. The summed E-state index contributed by atoms with van der Waals surface area (Å²) in [4.78, 5) is 26.7. The molecule has 4 rings (SSSR count). The first kappa shape index (κ1) is 23.4. The van der Waals surface area contributed by atoms with E-state index in [9.17, 15) is 19.1 Å². The van der Waals surface area contributed by atoms with Crippen LogP contribution in [0.2, 0.25) is 0 Å². The molecule has 0 unspecified atom stereocenters. The first-order valence-electron chi connectivity index (χ1n) is 10.8. The fourth-order valence-corrected chi connectivity index (χ4v) is 3.99. The van der Waals surface area contributed by atoms with Crippen molar-refractivity contribution >= 4 is 17.5 Å². The van der Waals surface area contributed by atoms with Crippen LogP contribution in [0.4, 0.5) is 10.1 Å². The van der Waals surface area contributed by atoms with Gasteiger partial charge in [0.1, 0.15) is 24.3 Å². The lowest BCUT2D eigenvalue weighted by Crippen LogP contribution is -2.52. The Kier molecular flexibility index (Phi) is 7.20. The number of carbonyl (C=O) groups is 2. The predicted octanol–water partition coefficient (Wildman–Crippen LogP) is 3.55. The van der Waals surface area contributed by atoms with E-state index in [1.54, 1.807) is 65.6 Å². The molecule has 0 bridgehead atoms. The standard InChI is InChI=1S/C26H25FN2O5/c1-33-23-5-3-2-4-21(23)26(32)28-20-12-8-18(9-13-20)25-22(15-30)29(24(31)16-34-25)14-17-6-10-19(27)11-7-17/h2-13,22,25,30H,14-16H2,1H3,(H,28,32)/t22-,25-/m1/s1. The van der Waals surface area contributed by atoms with Crippen molar-refractivity contribution in [3.63, 3.8) is 0 Å². The summed E-state index contributed by atoms with van der Waals surface area (Å²) < 4.78 is 24.3. The van der Waals surface area contributed by atoms with Crippen molar-refractivity contribution in [2.75, 3.05) is 25.6 Å². The summed E-state index contributed by atoms with van der Waals surface area (Å²) in [6, 6.07) is 19.3. The van der Waals surface area contributed by atoms with Crippen LogP contribution in [0, 0.1) is 5.82 Å². The molecule has 0 spiro atoms. The minimum Gasteiger partial charge on any atom is -0.496 e. The Balaban J connectivity index is 1.49. The fraction of sp³-hybridized carbons (Fsp3) is 0.231. The summed E-state index contributed by atoms with van der Waals surface area (Å²) in [5.41, 5.74) is 2.50. The van der Waals surface area contributed by atoms with E-state index in [-0.39, 0.29) is 37.4 Å². The average molecular weight is 464 g/mol. The summed E-state index contributed by atoms with van der Waals surface area (Å²) in [5, 5.41) is 12.9. The van der Waals surface area contributed by atoms with Gasteiger partial charge in [0.25, 0.3) is 5.91 Å². The number of carbonyl (C=O) groups excluding carboxylic acids is 2. The van der Waals surface area contributed by atoms with Crippen molar-refractivity contribution in [3.05, 3.63) is 95.3 Å². The topological polar surface area (TPSA) is 88.1 Å². The van der Waals surface area contributed by atoms with Gasteiger partial charge < -0.3 is 24.8 Å². The molecule has 1 heterocycles. The number of hydrogen-bond donors (Lipinski definition) is 2. The van der Waals surface area contributed by atoms with Crippen molar-refractivity contribution in [2.45, 2.75) is 18.7 Å². The number of hydrogen-bond acceptors (Lipinski definition) is 5. The molecule has 3 aromatic carbocycles. The smallest absolute Gasteiger partial charge is 0.259 e. The van der Waals surface area contributed by atoms with E-state index in [1.807, 2.05) is 0 Å². The van der Waals surface area contributed by atoms with Crippen LogP contribution in [0.1, 0.15) is 27.6 Å². The number of aliphatic hydroxyl groups excluding tert-OH is 1. The van der Waals surface area contributed by atoms with Crippen LogP contribution in [0.5, 0.6) is 5.75 Å². The van der Waals surface area contributed by atoms with Crippen LogP contribution in [0.15, 0.2) is 72.8 Å². The molecule has 2 amide bonds. The Labute approximate surface area is 196 Å². The number of aliphatic hydroxyl groups is 1. The fourth-order valence-electron chi connectivity index (χ4n) is 3.99. The quantitative estimate of drug-likeness (QED) is 0.559. The molecule has 0 saturated carbocycles. The number of para-hydroxylation sites is 1. The molecular weight excluding hydrogens is 439 g/mol. The van der Waals surface area contributed by atoms with Crippen LogP contribution < -0.4 is 10.1 Å². The lowest BCUT2D eigenvalue weighted by atomic mass is 9.98. The van der Waals surface area contributed by atoms with Crippen LogP contribution in [0.25, 0.3) is 0 Å². The highest BCUT2D eigenvalue weighted by atomic mass is 19.1. The molecule has 0 radical (unpaired) electrons. The Bertz CT molecular complexity index is 1150. The highest BCUT2D eigenvalue weighted by molar-refractivity contribution is 6.06. The maximum absolute atomic E-state index is 13.2. The summed E-state index contributed by atoms with van der Waals surface area (Å²) >= 11 is 0. The van der Waals surface area contributed by atoms with Gasteiger partial charge in [0.2, 0.25) is 5.91 Å². The lowest BCUT2D eigenvalue weighted by molar-refractivity contribution is -0.162. The van der Waals surface area contributed by atoms with Crippen molar-refractivity contribution in [1.29, 1.82) is 0 Å². The molecule has 3 aromatic rings. The second-order valence-electron chi connectivity index (χ2n) is 7.91. The minimum absolute atomic E-state index is 0.130. The molecule has 2 atom stereocenters. The van der Waals surface area contributed by atoms with Crippen LogP contribution >= 0.6 is 0 Å². The number of amides is 2. The Hall–Kier alpha value is -3.75. The number of nitrogens with zero attached hydrogens (tertiary/aromatic N) is 1. The number of anilines is 1. The van der Waals surface area contributed by atoms with E-state index < -0.39 is 12.1 Å². The summed E-state index contributed by atoms with van der Waals surface area (Å²) in [7, 11) is 1.51. The largest absolute Gasteiger partial charge is 0.496 e. The SMILES string of the molecule is COc1ccccc1C(=O)Nc1ccc([C@H]2OCC(=O)N(Cc3ccc(F)cc3)[C@@H]2CO)cc1. The van der Waals surface area contributed by atoms with Crippen LogP contribution in [-0.4, -0.2) is 48.2 Å². The van der Waals surface area contributed by atoms with E-state index in [4.69, 9.17) is 9.47 Å². The number of rotatable bonds is 7. The maximum atomic E-state index is 13.2. The Morgan fingerprint density at radius 1 is 1.12 bits per heavy atom. The molecule has 1 aliphatic rings. The second kappa shape index (κ2) is 10.5. The normalized spacial score (nSPS) is 18.0. The van der Waals surface area contributed by atoms with E-state index in [1.165, 1.54) is 19.2 Å². The van der Waals surface area contributed by atoms with Crippen LogP contribution in [-0.2, 0) is 16.1 Å². The average Bonchev–Trinajstić information content (AvgIpc) is 2.87. The molecule has 0 aromatic heterocycles. The monoisotopic (exact) mass is 464 g/mol. The van der Waals surface area contributed by atoms with Gasteiger partial charge in [-0.25, -0.2) is 4.39 Å². The molecule has 7 nitrogen and oxygen atoms in total. The molecule has 2 N–H and O–H groups in total. The maximum Gasteiger partial charge on any atom is 0.259 e. The predicted molar refractivity (Wildman–Crippen MR) is 124 cm³/mol. The summed E-state index contributed by atoms with van der Waals surface area (Å²) in [5.74, 6) is -0.431.